The normalized spacial score (nSPS) is 11.8. The minimum atomic E-state index is -3.98. The molecule has 0 unspecified atom stereocenters. The van der Waals surface area contributed by atoms with Gasteiger partial charge in [-0.25, -0.2) is 17.5 Å². The molecule has 1 aromatic carbocycles. The molecule has 2 rings (SSSR count). The maximum atomic E-state index is 13.2. The summed E-state index contributed by atoms with van der Waals surface area (Å²) in [6.45, 7) is 2.06. The first-order valence-electron chi connectivity index (χ1n) is 6.27. The molecule has 114 valence electrons. The van der Waals surface area contributed by atoms with Crippen molar-refractivity contribution in [1.82, 2.24) is 9.78 Å². The van der Waals surface area contributed by atoms with Gasteiger partial charge in [0.2, 0.25) is 0 Å². The van der Waals surface area contributed by atoms with Gasteiger partial charge in [0.15, 0.2) is 0 Å². The summed E-state index contributed by atoms with van der Waals surface area (Å²) in [5.74, 6) is -0.380. The molecular formula is C13H13Cl2FN2O2S. The fraction of sp³-hybridized carbons (Fsp3) is 0.308. The van der Waals surface area contributed by atoms with E-state index in [9.17, 15) is 12.8 Å². The Balaban J connectivity index is 2.46. The van der Waals surface area contributed by atoms with Crippen molar-refractivity contribution in [2.75, 3.05) is 0 Å². The van der Waals surface area contributed by atoms with E-state index < -0.39 is 9.05 Å². The highest BCUT2D eigenvalue weighted by Crippen LogP contribution is 2.29. The summed E-state index contributed by atoms with van der Waals surface area (Å²) >= 11 is 6.08. The summed E-state index contributed by atoms with van der Waals surface area (Å²) in [5, 5.41) is 4.13. The third-order valence-corrected chi connectivity index (χ3v) is 4.75. The third kappa shape index (κ3) is 3.75. The number of halogens is 3. The van der Waals surface area contributed by atoms with E-state index in [1.54, 1.807) is 12.1 Å². The van der Waals surface area contributed by atoms with Crippen molar-refractivity contribution in [1.29, 1.82) is 0 Å². The Hall–Kier alpha value is -1.11. The smallest absolute Gasteiger partial charge is 0.248 e. The second kappa shape index (κ2) is 6.34. The van der Waals surface area contributed by atoms with Crippen molar-refractivity contribution in [3.8, 4) is 0 Å². The molecule has 0 amide bonds. The lowest BCUT2D eigenvalue weighted by Crippen LogP contribution is -2.03. The highest BCUT2D eigenvalue weighted by molar-refractivity contribution is 8.13. The van der Waals surface area contributed by atoms with Crippen LogP contribution in [-0.4, -0.2) is 18.2 Å². The first kappa shape index (κ1) is 16.3. The Labute approximate surface area is 131 Å². The molecule has 0 aliphatic carbocycles. The molecule has 1 aromatic heterocycles. The Bertz CT molecular complexity index is 760. The summed E-state index contributed by atoms with van der Waals surface area (Å²) in [5.41, 5.74) is 0.954. The largest absolute Gasteiger partial charge is 0.266 e. The van der Waals surface area contributed by atoms with Crippen LogP contribution in [0.2, 0.25) is 5.15 Å². The van der Waals surface area contributed by atoms with Crippen LogP contribution in [0.3, 0.4) is 0 Å². The fourth-order valence-corrected chi connectivity index (χ4v) is 3.87. The lowest BCUT2D eigenvalue weighted by atomic mass is 10.2. The topological polar surface area (TPSA) is 52.0 Å². The van der Waals surface area contributed by atoms with Gasteiger partial charge < -0.3 is 0 Å². The van der Waals surface area contributed by atoms with Crippen molar-refractivity contribution >= 4 is 31.3 Å². The van der Waals surface area contributed by atoms with Crippen LogP contribution in [0.5, 0.6) is 0 Å². The lowest BCUT2D eigenvalue weighted by molar-refractivity contribution is 0.608. The van der Waals surface area contributed by atoms with Gasteiger partial charge in [0.1, 0.15) is 15.9 Å². The molecule has 2 aromatic rings. The van der Waals surface area contributed by atoms with Crippen molar-refractivity contribution in [3.63, 3.8) is 0 Å². The van der Waals surface area contributed by atoms with E-state index in [0.29, 0.717) is 24.1 Å². The zero-order valence-electron chi connectivity index (χ0n) is 11.2. The third-order valence-electron chi connectivity index (χ3n) is 2.87. The summed E-state index contributed by atoms with van der Waals surface area (Å²) in [6.07, 6.45) is 1.14. The maximum absolute atomic E-state index is 13.2. The first-order valence-corrected chi connectivity index (χ1v) is 8.96. The predicted octanol–water partition coefficient (Wildman–Crippen LogP) is 3.60. The van der Waals surface area contributed by atoms with Gasteiger partial charge >= 0.3 is 0 Å². The van der Waals surface area contributed by atoms with Crippen LogP contribution in [0.1, 0.15) is 24.6 Å². The zero-order valence-corrected chi connectivity index (χ0v) is 13.5. The average Bonchev–Trinajstić information content (AvgIpc) is 2.66. The summed E-state index contributed by atoms with van der Waals surface area (Å²) in [7, 11) is 1.44. The van der Waals surface area contributed by atoms with Crippen LogP contribution < -0.4 is 0 Å². The first-order chi connectivity index (χ1) is 9.82. The summed E-state index contributed by atoms with van der Waals surface area (Å²) in [4.78, 5) is -0.163. The highest BCUT2D eigenvalue weighted by atomic mass is 35.7. The van der Waals surface area contributed by atoms with E-state index in [1.807, 2.05) is 6.92 Å². The number of aryl methyl sites for hydroxylation is 1. The minimum Gasteiger partial charge on any atom is -0.248 e. The van der Waals surface area contributed by atoms with Crippen molar-refractivity contribution in [2.45, 2.75) is 31.2 Å². The van der Waals surface area contributed by atoms with Crippen LogP contribution in [0, 0.1) is 5.82 Å². The Morgan fingerprint density at radius 1 is 1.38 bits per heavy atom. The standard InChI is InChI=1S/C13H13Cl2FN2O2S/c1-2-4-11-12(21(15,19)20)13(14)18(17-11)8-9-5-3-6-10(16)7-9/h3,5-7H,2,4,8H2,1H3. The van der Waals surface area contributed by atoms with Gasteiger partial charge in [0.05, 0.1) is 12.2 Å². The maximum Gasteiger partial charge on any atom is 0.266 e. The summed E-state index contributed by atoms with van der Waals surface area (Å²) < 4.78 is 37.8. The van der Waals surface area contributed by atoms with E-state index in [4.69, 9.17) is 22.3 Å². The molecule has 4 nitrogen and oxygen atoms in total. The molecule has 0 fully saturated rings. The van der Waals surface area contributed by atoms with Crippen molar-refractivity contribution in [3.05, 3.63) is 46.5 Å². The SMILES string of the molecule is CCCc1nn(Cc2cccc(F)c2)c(Cl)c1S(=O)(=O)Cl. The van der Waals surface area contributed by atoms with Crippen molar-refractivity contribution < 1.29 is 12.8 Å². The van der Waals surface area contributed by atoms with Crippen LogP contribution in [0.15, 0.2) is 29.2 Å². The van der Waals surface area contributed by atoms with Crippen LogP contribution >= 0.6 is 22.3 Å². The molecule has 0 saturated heterocycles. The van der Waals surface area contributed by atoms with E-state index in [1.165, 1.54) is 16.8 Å². The monoisotopic (exact) mass is 350 g/mol. The molecule has 0 radical (unpaired) electrons. The van der Waals surface area contributed by atoms with Crippen LogP contribution in [0.4, 0.5) is 4.39 Å². The molecular weight excluding hydrogens is 338 g/mol. The number of benzene rings is 1. The van der Waals surface area contributed by atoms with Gasteiger partial charge in [-0.15, -0.1) is 0 Å². The van der Waals surface area contributed by atoms with E-state index in [0.717, 1.165) is 0 Å². The van der Waals surface area contributed by atoms with E-state index in [-0.39, 0.29) is 22.4 Å². The number of rotatable bonds is 5. The Morgan fingerprint density at radius 2 is 2.10 bits per heavy atom. The molecule has 21 heavy (non-hydrogen) atoms. The fourth-order valence-electron chi connectivity index (χ4n) is 2.03. The summed E-state index contributed by atoms with van der Waals surface area (Å²) in [6, 6.07) is 5.93. The molecule has 0 saturated carbocycles. The van der Waals surface area contributed by atoms with E-state index in [2.05, 4.69) is 5.10 Å². The van der Waals surface area contributed by atoms with Gasteiger partial charge in [-0.05, 0) is 24.1 Å². The number of hydrogen-bond acceptors (Lipinski definition) is 3. The number of hydrogen-bond donors (Lipinski definition) is 0. The minimum absolute atomic E-state index is 0.0577. The van der Waals surface area contributed by atoms with Gasteiger partial charge in [0.25, 0.3) is 9.05 Å². The Kier molecular flexibility index (Phi) is 4.91. The second-order valence-electron chi connectivity index (χ2n) is 4.54. The van der Waals surface area contributed by atoms with E-state index >= 15 is 0 Å². The van der Waals surface area contributed by atoms with Gasteiger partial charge in [0, 0.05) is 10.7 Å². The van der Waals surface area contributed by atoms with Crippen LogP contribution in [0.25, 0.3) is 0 Å². The highest BCUT2D eigenvalue weighted by Gasteiger charge is 2.25. The molecule has 0 spiro atoms. The predicted molar refractivity (Wildman–Crippen MR) is 79.8 cm³/mol. The average molecular weight is 351 g/mol. The van der Waals surface area contributed by atoms with Gasteiger partial charge in [-0.1, -0.05) is 37.1 Å². The Morgan fingerprint density at radius 3 is 2.67 bits per heavy atom. The molecule has 0 aliphatic heterocycles. The molecule has 0 aliphatic rings. The molecule has 1 heterocycles. The number of aromatic nitrogens is 2. The van der Waals surface area contributed by atoms with Gasteiger partial charge in [-0.3, -0.25) is 0 Å². The molecule has 8 heteroatoms. The quantitative estimate of drug-likeness (QED) is 0.774. The molecule has 0 N–H and O–H groups in total. The lowest BCUT2D eigenvalue weighted by Gasteiger charge is -2.03. The number of nitrogens with zero attached hydrogens (tertiary/aromatic N) is 2. The molecule has 0 atom stereocenters. The zero-order chi connectivity index (χ0) is 15.6. The van der Waals surface area contributed by atoms with Gasteiger partial charge in [-0.2, -0.15) is 5.10 Å². The molecule has 0 bridgehead atoms. The van der Waals surface area contributed by atoms with Crippen molar-refractivity contribution in [2.24, 2.45) is 0 Å². The van der Waals surface area contributed by atoms with Crippen LogP contribution in [-0.2, 0) is 22.0 Å². The second-order valence-corrected chi connectivity index (χ2v) is 7.40.